The number of nitrogens with zero attached hydrogens (tertiary/aromatic N) is 1. The molecule has 3 heteroatoms. The second-order valence-corrected chi connectivity index (χ2v) is 3.76. The van der Waals surface area contributed by atoms with Crippen molar-refractivity contribution >= 4 is 5.82 Å². The van der Waals surface area contributed by atoms with Crippen molar-refractivity contribution < 1.29 is 5.11 Å². The lowest BCUT2D eigenvalue weighted by atomic mass is 9.93. The first-order valence-electron chi connectivity index (χ1n) is 4.97. The summed E-state index contributed by atoms with van der Waals surface area (Å²) in [4.78, 5) is 4.00. The van der Waals surface area contributed by atoms with E-state index in [2.05, 4.69) is 11.9 Å². The maximum absolute atomic E-state index is 10.0. The molecule has 0 amide bonds. The van der Waals surface area contributed by atoms with E-state index in [1.165, 1.54) is 0 Å². The molecule has 0 fully saturated rings. The van der Waals surface area contributed by atoms with Gasteiger partial charge in [0, 0.05) is 11.8 Å². The van der Waals surface area contributed by atoms with Crippen LogP contribution in [0.5, 0.6) is 0 Å². The van der Waals surface area contributed by atoms with Crippen molar-refractivity contribution in [3.63, 3.8) is 0 Å². The first-order chi connectivity index (χ1) is 6.57. The Bertz CT molecular complexity index is 292. The first kappa shape index (κ1) is 11.0. The highest BCUT2D eigenvalue weighted by molar-refractivity contribution is 5.45. The summed E-state index contributed by atoms with van der Waals surface area (Å²) in [5.41, 5.74) is 7.53. The third-order valence-electron chi connectivity index (χ3n) is 2.72. The molecule has 0 spiro atoms. The molecule has 3 N–H and O–H groups in total. The lowest BCUT2D eigenvalue weighted by Crippen LogP contribution is -2.13. The number of aromatic nitrogens is 1. The number of aliphatic hydroxyl groups is 1. The topological polar surface area (TPSA) is 59.1 Å². The van der Waals surface area contributed by atoms with E-state index in [1.807, 2.05) is 19.9 Å². The van der Waals surface area contributed by atoms with E-state index in [0.717, 1.165) is 17.5 Å². The lowest BCUT2D eigenvalue weighted by molar-refractivity contribution is 0.115. The second-order valence-electron chi connectivity index (χ2n) is 3.76. The number of nitrogen functional groups attached to an aromatic ring is 1. The summed E-state index contributed by atoms with van der Waals surface area (Å²) in [6.45, 7) is 6.01. The third kappa shape index (κ3) is 2.04. The fraction of sp³-hybridized carbons (Fsp3) is 0.545. The number of nitrogens with two attached hydrogens (primary N) is 1. The molecule has 3 nitrogen and oxygen atoms in total. The van der Waals surface area contributed by atoms with E-state index in [1.54, 1.807) is 6.20 Å². The number of anilines is 1. The fourth-order valence-corrected chi connectivity index (χ4v) is 1.48. The van der Waals surface area contributed by atoms with Gasteiger partial charge in [0.15, 0.2) is 0 Å². The third-order valence-corrected chi connectivity index (χ3v) is 2.72. The van der Waals surface area contributed by atoms with Crippen molar-refractivity contribution in [2.24, 2.45) is 5.92 Å². The van der Waals surface area contributed by atoms with Crippen LogP contribution in [0.1, 0.15) is 37.5 Å². The van der Waals surface area contributed by atoms with Gasteiger partial charge < -0.3 is 10.8 Å². The highest BCUT2D eigenvalue weighted by Crippen LogP contribution is 2.29. The summed E-state index contributed by atoms with van der Waals surface area (Å²) in [5.74, 6) is 0.651. The molecular weight excluding hydrogens is 176 g/mol. The van der Waals surface area contributed by atoms with Crippen LogP contribution < -0.4 is 5.73 Å². The minimum atomic E-state index is -0.506. The van der Waals surface area contributed by atoms with Crippen molar-refractivity contribution in [2.45, 2.75) is 33.3 Å². The summed E-state index contributed by atoms with van der Waals surface area (Å²) in [6, 6.07) is 1.87. The van der Waals surface area contributed by atoms with Crippen LogP contribution in [0.4, 0.5) is 5.82 Å². The standard InChI is InChI=1S/C11H18N2O/c1-4-7(2)10(14)9-8(3)5-6-13-11(9)12/h5-7,10,14H,4H2,1-3H3,(H2,12,13). The minimum absolute atomic E-state index is 0.209. The summed E-state index contributed by atoms with van der Waals surface area (Å²) in [6.07, 6.45) is 2.08. The molecule has 1 aromatic rings. The van der Waals surface area contributed by atoms with Gasteiger partial charge in [-0.3, -0.25) is 0 Å². The van der Waals surface area contributed by atoms with Crippen molar-refractivity contribution in [2.75, 3.05) is 5.73 Å². The van der Waals surface area contributed by atoms with E-state index in [9.17, 15) is 5.11 Å². The van der Waals surface area contributed by atoms with Gasteiger partial charge in [-0.05, 0) is 24.5 Å². The Hall–Kier alpha value is -1.09. The number of pyridine rings is 1. The summed E-state index contributed by atoms with van der Waals surface area (Å²) in [5, 5.41) is 10.0. The van der Waals surface area contributed by atoms with Gasteiger partial charge in [0.05, 0.1) is 6.10 Å². The zero-order valence-electron chi connectivity index (χ0n) is 8.99. The van der Waals surface area contributed by atoms with Gasteiger partial charge in [0.2, 0.25) is 0 Å². The van der Waals surface area contributed by atoms with Crippen LogP contribution >= 0.6 is 0 Å². The van der Waals surface area contributed by atoms with E-state index in [-0.39, 0.29) is 5.92 Å². The van der Waals surface area contributed by atoms with E-state index in [4.69, 9.17) is 5.73 Å². The van der Waals surface area contributed by atoms with Crippen LogP contribution in [0, 0.1) is 12.8 Å². The zero-order valence-corrected chi connectivity index (χ0v) is 8.99. The SMILES string of the molecule is CCC(C)C(O)c1c(C)ccnc1N. The summed E-state index contributed by atoms with van der Waals surface area (Å²) < 4.78 is 0. The van der Waals surface area contributed by atoms with Crippen molar-refractivity contribution in [1.29, 1.82) is 0 Å². The van der Waals surface area contributed by atoms with Gasteiger partial charge in [0.25, 0.3) is 0 Å². The van der Waals surface area contributed by atoms with E-state index < -0.39 is 6.10 Å². The molecule has 0 aliphatic carbocycles. The average Bonchev–Trinajstić information content (AvgIpc) is 2.16. The summed E-state index contributed by atoms with van der Waals surface area (Å²) in [7, 11) is 0. The molecule has 0 aliphatic rings. The quantitative estimate of drug-likeness (QED) is 0.774. The molecule has 0 aliphatic heterocycles. The molecule has 1 heterocycles. The number of aryl methyl sites for hydroxylation is 1. The molecule has 1 aromatic heterocycles. The number of hydrogen-bond acceptors (Lipinski definition) is 3. The Morgan fingerprint density at radius 2 is 2.21 bits per heavy atom. The highest BCUT2D eigenvalue weighted by Gasteiger charge is 2.19. The maximum atomic E-state index is 10.0. The smallest absolute Gasteiger partial charge is 0.129 e. The lowest BCUT2D eigenvalue weighted by Gasteiger charge is -2.20. The largest absolute Gasteiger partial charge is 0.388 e. The molecule has 0 saturated carbocycles. The van der Waals surface area contributed by atoms with Gasteiger partial charge in [-0.25, -0.2) is 4.98 Å². The van der Waals surface area contributed by atoms with E-state index in [0.29, 0.717) is 5.82 Å². The van der Waals surface area contributed by atoms with Gasteiger partial charge in [-0.1, -0.05) is 20.3 Å². The summed E-state index contributed by atoms with van der Waals surface area (Å²) >= 11 is 0. The predicted octanol–water partition coefficient (Wildman–Crippen LogP) is 2.05. The maximum Gasteiger partial charge on any atom is 0.129 e. The Kier molecular flexibility index (Phi) is 3.47. The highest BCUT2D eigenvalue weighted by atomic mass is 16.3. The van der Waals surface area contributed by atoms with Crippen molar-refractivity contribution in [1.82, 2.24) is 4.98 Å². The zero-order chi connectivity index (χ0) is 10.7. The first-order valence-corrected chi connectivity index (χ1v) is 4.97. The minimum Gasteiger partial charge on any atom is -0.388 e. The predicted molar refractivity (Wildman–Crippen MR) is 57.8 cm³/mol. The van der Waals surface area contributed by atoms with Gasteiger partial charge in [0.1, 0.15) is 5.82 Å². The Balaban J connectivity index is 3.05. The van der Waals surface area contributed by atoms with Crippen molar-refractivity contribution in [3.8, 4) is 0 Å². The fourth-order valence-electron chi connectivity index (χ4n) is 1.48. The van der Waals surface area contributed by atoms with Crippen LogP contribution in [0.15, 0.2) is 12.3 Å². The normalized spacial score (nSPS) is 15.1. The average molecular weight is 194 g/mol. The molecule has 0 bridgehead atoms. The number of hydrogen-bond donors (Lipinski definition) is 2. The molecule has 0 aromatic carbocycles. The molecule has 0 saturated heterocycles. The van der Waals surface area contributed by atoms with Crippen LogP contribution in [-0.2, 0) is 0 Å². The van der Waals surface area contributed by atoms with E-state index >= 15 is 0 Å². The second kappa shape index (κ2) is 4.42. The molecule has 2 unspecified atom stereocenters. The van der Waals surface area contributed by atoms with Crippen molar-refractivity contribution in [3.05, 3.63) is 23.4 Å². The molecule has 1 rings (SSSR count). The van der Waals surface area contributed by atoms with Crippen LogP contribution in [-0.4, -0.2) is 10.1 Å². The Labute approximate surface area is 85.0 Å². The van der Waals surface area contributed by atoms with Crippen LogP contribution in [0.25, 0.3) is 0 Å². The molecular formula is C11H18N2O. The molecule has 78 valence electrons. The molecule has 2 atom stereocenters. The number of aliphatic hydroxyl groups excluding tert-OH is 1. The monoisotopic (exact) mass is 194 g/mol. The van der Waals surface area contributed by atoms with Crippen LogP contribution in [0.2, 0.25) is 0 Å². The molecule has 14 heavy (non-hydrogen) atoms. The van der Waals surface area contributed by atoms with Gasteiger partial charge >= 0.3 is 0 Å². The Morgan fingerprint density at radius 1 is 1.57 bits per heavy atom. The van der Waals surface area contributed by atoms with Crippen LogP contribution in [0.3, 0.4) is 0 Å². The Morgan fingerprint density at radius 3 is 2.71 bits per heavy atom. The van der Waals surface area contributed by atoms with Gasteiger partial charge in [-0.15, -0.1) is 0 Å². The number of rotatable bonds is 3. The molecule has 0 radical (unpaired) electrons. The van der Waals surface area contributed by atoms with Gasteiger partial charge in [-0.2, -0.15) is 0 Å².